The molecule has 2 aromatic rings. The molecule has 3 aliphatic heterocycles. The predicted molar refractivity (Wildman–Crippen MR) is 98.5 cm³/mol. The van der Waals surface area contributed by atoms with Crippen LogP contribution in [0.5, 0.6) is 0 Å². The van der Waals surface area contributed by atoms with Gasteiger partial charge in [0.2, 0.25) is 10.0 Å². The number of rotatable bonds is 4. The first-order chi connectivity index (χ1) is 11.9. The maximum absolute atomic E-state index is 12.7. The summed E-state index contributed by atoms with van der Waals surface area (Å²) in [5, 5.41) is 3.93. The van der Waals surface area contributed by atoms with Crippen LogP contribution in [0.1, 0.15) is 22.5 Å². The molecule has 1 atom stereocenters. The van der Waals surface area contributed by atoms with Crippen molar-refractivity contribution in [1.29, 1.82) is 0 Å². The summed E-state index contributed by atoms with van der Waals surface area (Å²) in [6.07, 6.45) is 3.40. The molecule has 25 heavy (non-hydrogen) atoms. The lowest BCUT2D eigenvalue weighted by molar-refractivity contribution is 0.0623. The van der Waals surface area contributed by atoms with Crippen LogP contribution in [-0.2, 0) is 10.0 Å². The Balaban J connectivity index is 1.54. The summed E-state index contributed by atoms with van der Waals surface area (Å²) in [5.74, 6) is 0.480. The van der Waals surface area contributed by atoms with Crippen LogP contribution >= 0.6 is 11.5 Å². The maximum atomic E-state index is 12.7. The minimum Gasteiger partial charge on any atom is -0.347 e. The molecule has 7 nitrogen and oxygen atoms in total. The van der Waals surface area contributed by atoms with Crippen molar-refractivity contribution >= 4 is 44.1 Å². The Morgan fingerprint density at radius 3 is 2.72 bits per heavy atom. The van der Waals surface area contributed by atoms with E-state index in [0.29, 0.717) is 22.0 Å². The second kappa shape index (κ2) is 6.22. The molecule has 0 aliphatic carbocycles. The molecule has 3 fully saturated rings. The lowest BCUT2D eigenvalue weighted by atomic mass is 9.84. The number of carbonyl (C=O) groups excluding carboxylic acids is 1. The highest BCUT2D eigenvalue weighted by atomic mass is 32.2. The summed E-state index contributed by atoms with van der Waals surface area (Å²) in [6, 6.07) is 5.26. The minimum absolute atomic E-state index is 0.0879. The number of carbonyl (C=O) groups is 1. The van der Waals surface area contributed by atoms with Crippen molar-refractivity contribution < 1.29 is 13.2 Å². The maximum Gasteiger partial charge on any atom is 0.263 e. The van der Waals surface area contributed by atoms with Crippen LogP contribution in [0, 0.1) is 5.92 Å². The fourth-order valence-electron chi connectivity index (χ4n) is 3.75. The SMILES string of the molecule is CS(=O)(=O)Nc1ccc2c(C(=O)N[C@@H]3CN4CCC3CC4)snc2c1. The molecular weight excluding hydrogens is 360 g/mol. The molecule has 4 heterocycles. The van der Waals surface area contributed by atoms with E-state index in [4.69, 9.17) is 0 Å². The van der Waals surface area contributed by atoms with Gasteiger partial charge < -0.3 is 10.2 Å². The van der Waals surface area contributed by atoms with E-state index < -0.39 is 10.0 Å². The Labute approximate surface area is 150 Å². The zero-order valence-corrected chi connectivity index (χ0v) is 15.5. The quantitative estimate of drug-likeness (QED) is 0.839. The third-order valence-electron chi connectivity index (χ3n) is 4.96. The second-order valence-electron chi connectivity index (χ2n) is 6.84. The number of amides is 1. The molecule has 3 saturated heterocycles. The van der Waals surface area contributed by atoms with Gasteiger partial charge in [0.25, 0.3) is 5.91 Å². The highest BCUT2D eigenvalue weighted by Crippen LogP contribution is 2.29. The average molecular weight is 380 g/mol. The van der Waals surface area contributed by atoms with E-state index in [0.717, 1.165) is 55.7 Å². The Bertz CT molecular complexity index is 917. The molecule has 0 spiro atoms. The zero-order valence-electron chi connectivity index (χ0n) is 13.9. The summed E-state index contributed by atoms with van der Waals surface area (Å²) in [6.45, 7) is 3.20. The van der Waals surface area contributed by atoms with Gasteiger partial charge in [-0.15, -0.1) is 0 Å². The van der Waals surface area contributed by atoms with Crippen LogP contribution in [0.25, 0.3) is 10.9 Å². The van der Waals surface area contributed by atoms with Crippen LogP contribution < -0.4 is 10.0 Å². The predicted octanol–water partition coefficient (Wildman–Crippen LogP) is 1.49. The van der Waals surface area contributed by atoms with E-state index in [1.807, 2.05) is 0 Å². The first-order valence-electron chi connectivity index (χ1n) is 8.29. The van der Waals surface area contributed by atoms with Crippen LogP contribution in [0.2, 0.25) is 0 Å². The normalized spacial score (nSPS) is 25.9. The number of benzene rings is 1. The van der Waals surface area contributed by atoms with Gasteiger partial charge in [-0.2, -0.15) is 4.37 Å². The van der Waals surface area contributed by atoms with Gasteiger partial charge in [0.1, 0.15) is 4.88 Å². The van der Waals surface area contributed by atoms with Gasteiger partial charge in [0.05, 0.1) is 17.5 Å². The number of fused-ring (bicyclic) bond motifs is 4. The van der Waals surface area contributed by atoms with E-state index in [1.54, 1.807) is 18.2 Å². The van der Waals surface area contributed by atoms with E-state index in [-0.39, 0.29) is 11.9 Å². The lowest BCUT2D eigenvalue weighted by Crippen LogP contribution is -2.57. The van der Waals surface area contributed by atoms with Gasteiger partial charge in [0, 0.05) is 18.0 Å². The van der Waals surface area contributed by atoms with Gasteiger partial charge in [0.15, 0.2) is 0 Å². The number of hydrogen-bond acceptors (Lipinski definition) is 6. The van der Waals surface area contributed by atoms with Crippen LogP contribution in [0.4, 0.5) is 5.69 Å². The van der Waals surface area contributed by atoms with Crippen molar-refractivity contribution in [3.63, 3.8) is 0 Å². The summed E-state index contributed by atoms with van der Waals surface area (Å²) in [4.78, 5) is 15.7. The number of anilines is 1. The molecular formula is C16H20N4O3S2. The summed E-state index contributed by atoms with van der Waals surface area (Å²) in [7, 11) is -3.34. The van der Waals surface area contributed by atoms with Crippen molar-refractivity contribution in [1.82, 2.24) is 14.6 Å². The van der Waals surface area contributed by atoms with Gasteiger partial charge in [-0.25, -0.2) is 8.42 Å². The fraction of sp³-hybridized carbons (Fsp3) is 0.500. The number of aromatic nitrogens is 1. The first-order valence-corrected chi connectivity index (χ1v) is 11.0. The van der Waals surface area contributed by atoms with Gasteiger partial charge in [-0.1, -0.05) is 0 Å². The molecule has 0 radical (unpaired) electrons. The Hall–Kier alpha value is -1.71. The number of hydrogen-bond donors (Lipinski definition) is 2. The highest BCUT2D eigenvalue weighted by Gasteiger charge is 2.35. The molecule has 0 saturated carbocycles. The number of nitrogens with one attached hydrogen (secondary N) is 2. The molecule has 0 unspecified atom stereocenters. The third-order valence-corrected chi connectivity index (χ3v) is 6.44. The fourth-order valence-corrected chi connectivity index (χ4v) is 5.06. The minimum atomic E-state index is -3.34. The standard InChI is InChI=1S/C16H20N4O3S2/c1-25(22,23)19-11-2-3-12-13(8-11)18-24-15(12)16(21)17-14-9-20-6-4-10(14)5-7-20/h2-3,8,10,14,19H,4-7,9H2,1H3,(H,17,21)/t14-/m1/s1. The number of sulfonamides is 1. The van der Waals surface area contributed by atoms with Crippen LogP contribution in [-0.4, -0.2) is 55.5 Å². The van der Waals surface area contributed by atoms with E-state index in [1.165, 1.54) is 0 Å². The smallest absolute Gasteiger partial charge is 0.263 e. The Kier molecular flexibility index (Phi) is 4.17. The summed E-state index contributed by atoms with van der Waals surface area (Å²) < 4.78 is 29.4. The van der Waals surface area contributed by atoms with Crippen LogP contribution in [0.3, 0.4) is 0 Å². The Morgan fingerprint density at radius 2 is 2.08 bits per heavy atom. The third kappa shape index (κ3) is 3.49. The van der Waals surface area contributed by atoms with Crippen molar-refractivity contribution in [2.75, 3.05) is 30.6 Å². The second-order valence-corrected chi connectivity index (χ2v) is 9.36. The lowest BCUT2D eigenvalue weighted by Gasteiger charge is -2.44. The topological polar surface area (TPSA) is 91.4 Å². The first kappa shape index (κ1) is 16.7. The molecule has 2 N–H and O–H groups in total. The molecule has 9 heteroatoms. The molecule has 134 valence electrons. The highest BCUT2D eigenvalue weighted by molar-refractivity contribution is 7.92. The Morgan fingerprint density at radius 1 is 1.32 bits per heavy atom. The average Bonchev–Trinajstić information content (AvgIpc) is 2.97. The molecule has 1 aromatic carbocycles. The van der Waals surface area contributed by atoms with Crippen LogP contribution in [0.15, 0.2) is 18.2 Å². The van der Waals surface area contributed by atoms with Gasteiger partial charge >= 0.3 is 0 Å². The molecule has 5 rings (SSSR count). The van der Waals surface area contributed by atoms with E-state index >= 15 is 0 Å². The molecule has 1 amide bonds. The van der Waals surface area contributed by atoms with Crippen molar-refractivity contribution in [3.8, 4) is 0 Å². The van der Waals surface area contributed by atoms with E-state index in [2.05, 4.69) is 19.3 Å². The zero-order chi connectivity index (χ0) is 17.6. The van der Waals surface area contributed by atoms with Crippen molar-refractivity contribution in [3.05, 3.63) is 23.1 Å². The van der Waals surface area contributed by atoms with Crippen molar-refractivity contribution in [2.24, 2.45) is 5.92 Å². The van der Waals surface area contributed by atoms with E-state index in [9.17, 15) is 13.2 Å². The largest absolute Gasteiger partial charge is 0.347 e. The summed E-state index contributed by atoms with van der Waals surface area (Å²) in [5.41, 5.74) is 1.07. The number of piperidine rings is 3. The molecule has 3 aliphatic rings. The molecule has 2 bridgehead atoms. The summed E-state index contributed by atoms with van der Waals surface area (Å²) >= 11 is 1.15. The monoisotopic (exact) mass is 380 g/mol. The van der Waals surface area contributed by atoms with Gasteiger partial charge in [-0.3, -0.25) is 9.52 Å². The van der Waals surface area contributed by atoms with Gasteiger partial charge in [-0.05, 0) is 61.6 Å². The number of nitrogens with zero attached hydrogens (tertiary/aromatic N) is 2. The molecule has 1 aromatic heterocycles. The van der Waals surface area contributed by atoms with Crippen molar-refractivity contribution in [2.45, 2.75) is 18.9 Å².